The molecule has 0 aromatic heterocycles. The van der Waals surface area contributed by atoms with Crippen LogP contribution < -0.4 is 5.73 Å². The summed E-state index contributed by atoms with van der Waals surface area (Å²) in [6, 6.07) is 1.78. The van der Waals surface area contributed by atoms with Crippen molar-refractivity contribution in [2.24, 2.45) is 5.73 Å². The summed E-state index contributed by atoms with van der Waals surface area (Å²) >= 11 is 0. The molecule has 0 saturated heterocycles. The molecule has 0 amide bonds. The fourth-order valence-corrected chi connectivity index (χ4v) is 2.71. The first-order valence-electron chi connectivity index (χ1n) is 5.48. The molecule has 0 radical (unpaired) electrons. The zero-order valence-electron chi connectivity index (χ0n) is 10.7. The molecular formula is C11H16F2N2O3S. The molecule has 0 unspecified atom stereocenters. The van der Waals surface area contributed by atoms with E-state index in [1.165, 1.54) is 14.2 Å². The van der Waals surface area contributed by atoms with E-state index in [0.717, 1.165) is 16.4 Å². The van der Waals surface area contributed by atoms with Crippen LogP contribution in [0.3, 0.4) is 0 Å². The van der Waals surface area contributed by atoms with E-state index >= 15 is 0 Å². The number of sulfonamides is 1. The normalized spacial score (nSPS) is 12.1. The molecule has 2 N–H and O–H groups in total. The Morgan fingerprint density at radius 1 is 1.37 bits per heavy atom. The summed E-state index contributed by atoms with van der Waals surface area (Å²) in [5, 5.41) is 0. The number of nitrogens with two attached hydrogens (primary N) is 1. The average Bonchev–Trinajstić information content (AvgIpc) is 2.36. The summed E-state index contributed by atoms with van der Waals surface area (Å²) in [6.45, 7) is -0.182. The number of hydrogen-bond donors (Lipinski definition) is 1. The van der Waals surface area contributed by atoms with Crippen LogP contribution in [-0.2, 0) is 21.3 Å². The highest BCUT2D eigenvalue weighted by molar-refractivity contribution is 7.89. The van der Waals surface area contributed by atoms with Gasteiger partial charge in [-0.2, -0.15) is 4.31 Å². The Labute approximate surface area is 111 Å². The van der Waals surface area contributed by atoms with Crippen molar-refractivity contribution in [1.82, 2.24) is 4.31 Å². The van der Waals surface area contributed by atoms with E-state index in [2.05, 4.69) is 0 Å². The maximum absolute atomic E-state index is 14.0. The summed E-state index contributed by atoms with van der Waals surface area (Å²) in [5.74, 6) is -2.01. The Kier molecular flexibility index (Phi) is 5.36. The standard InChI is InChI=1S/C11H16F2N2O3S/c1-15(5-6-18-2)19(16,17)10-4-3-9(12)8(7-14)11(10)13/h3-4H,5-7,14H2,1-2H3. The Bertz CT molecular complexity index is 549. The van der Waals surface area contributed by atoms with Crippen LogP contribution in [-0.4, -0.2) is 40.0 Å². The third-order valence-corrected chi connectivity index (χ3v) is 4.53. The van der Waals surface area contributed by atoms with Crippen LogP contribution in [0, 0.1) is 11.6 Å². The molecule has 1 aromatic carbocycles. The maximum Gasteiger partial charge on any atom is 0.245 e. The van der Waals surface area contributed by atoms with E-state index < -0.39 is 38.7 Å². The summed E-state index contributed by atoms with van der Waals surface area (Å²) < 4.78 is 57.1. The Balaban J connectivity index is 3.22. The van der Waals surface area contributed by atoms with Gasteiger partial charge in [0.1, 0.15) is 10.7 Å². The molecule has 0 bridgehead atoms. The van der Waals surface area contributed by atoms with E-state index in [-0.39, 0.29) is 13.2 Å². The van der Waals surface area contributed by atoms with Gasteiger partial charge in [0.15, 0.2) is 5.82 Å². The van der Waals surface area contributed by atoms with Gasteiger partial charge in [-0.05, 0) is 12.1 Å². The van der Waals surface area contributed by atoms with Crippen molar-refractivity contribution in [1.29, 1.82) is 0 Å². The van der Waals surface area contributed by atoms with Gasteiger partial charge in [-0.25, -0.2) is 17.2 Å². The second-order valence-corrected chi connectivity index (χ2v) is 5.87. The SMILES string of the molecule is COCCN(C)S(=O)(=O)c1ccc(F)c(CN)c1F. The minimum Gasteiger partial charge on any atom is -0.383 e. The van der Waals surface area contributed by atoms with Crippen LogP contribution in [0.4, 0.5) is 8.78 Å². The van der Waals surface area contributed by atoms with Crippen LogP contribution in [0.5, 0.6) is 0 Å². The zero-order valence-corrected chi connectivity index (χ0v) is 11.5. The fourth-order valence-electron chi connectivity index (χ4n) is 1.47. The van der Waals surface area contributed by atoms with Gasteiger partial charge < -0.3 is 10.5 Å². The molecule has 0 atom stereocenters. The van der Waals surface area contributed by atoms with E-state index in [4.69, 9.17) is 10.5 Å². The molecule has 19 heavy (non-hydrogen) atoms. The van der Waals surface area contributed by atoms with Crippen molar-refractivity contribution in [2.45, 2.75) is 11.4 Å². The van der Waals surface area contributed by atoms with Crippen LogP contribution in [0.1, 0.15) is 5.56 Å². The van der Waals surface area contributed by atoms with Crippen molar-refractivity contribution >= 4 is 10.0 Å². The molecule has 5 nitrogen and oxygen atoms in total. The van der Waals surface area contributed by atoms with Crippen LogP contribution in [0.15, 0.2) is 17.0 Å². The molecule has 0 aliphatic rings. The monoisotopic (exact) mass is 294 g/mol. The van der Waals surface area contributed by atoms with Gasteiger partial charge in [-0.15, -0.1) is 0 Å². The molecule has 0 aliphatic heterocycles. The van der Waals surface area contributed by atoms with Crippen LogP contribution in [0.25, 0.3) is 0 Å². The molecule has 1 aromatic rings. The minimum absolute atomic E-state index is 0.0631. The lowest BCUT2D eigenvalue weighted by molar-refractivity contribution is 0.185. The number of methoxy groups -OCH3 is 1. The molecule has 0 spiro atoms. The first-order valence-corrected chi connectivity index (χ1v) is 6.92. The molecular weight excluding hydrogens is 278 g/mol. The molecule has 0 saturated carbocycles. The summed E-state index contributed by atoms with van der Waals surface area (Å²) in [5.41, 5.74) is 4.77. The predicted octanol–water partition coefficient (Wildman–Crippen LogP) is 0.690. The highest BCUT2D eigenvalue weighted by Crippen LogP contribution is 2.23. The molecule has 8 heteroatoms. The van der Waals surface area contributed by atoms with Gasteiger partial charge in [-0.3, -0.25) is 0 Å². The largest absolute Gasteiger partial charge is 0.383 e. The van der Waals surface area contributed by atoms with Crippen molar-refractivity contribution in [3.05, 3.63) is 29.3 Å². The molecule has 0 heterocycles. The number of likely N-dealkylation sites (N-methyl/N-ethyl adjacent to an activating group) is 1. The molecule has 0 aliphatic carbocycles. The highest BCUT2D eigenvalue weighted by Gasteiger charge is 2.26. The predicted molar refractivity (Wildman–Crippen MR) is 65.9 cm³/mol. The summed E-state index contributed by atoms with van der Waals surface area (Å²) in [4.78, 5) is -0.590. The van der Waals surface area contributed by atoms with Crippen LogP contribution >= 0.6 is 0 Å². The van der Waals surface area contributed by atoms with Crippen molar-refractivity contribution < 1.29 is 21.9 Å². The lowest BCUT2D eigenvalue weighted by Gasteiger charge is -2.18. The number of halogens is 2. The molecule has 1 rings (SSSR count). The minimum atomic E-state index is -4.04. The van der Waals surface area contributed by atoms with Gasteiger partial charge >= 0.3 is 0 Å². The van der Waals surface area contributed by atoms with E-state index in [1.54, 1.807) is 0 Å². The Hall–Kier alpha value is -1.09. The van der Waals surface area contributed by atoms with E-state index in [0.29, 0.717) is 0 Å². The Morgan fingerprint density at radius 3 is 2.53 bits per heavy atom. The lowest BCUT2D eigenvalue weighted by atomic mass is 10.2. The Morgan fingerprint density at radius 2 is 2.00 bits per heavy atom. The number of ether oxygens (including phenoxy) is 1. The van der Waals surface area contributed by atoms with E-state index in [1.807, 2.05) is 0 Å². The first kappa shape index (κ1) is 16.0. The highest BCUT2D eigenvalue weighted by atomic mass is 32.2. The third kappa shape index (κ3) is 3.27. The second-order valence-electron chi connectivity index (χ2n) is 3.86. The fraction of sp³-hybridized carbons (Fsp3) is 0.455. The maximum atomic E-state index is 14.0. The number of rotatable bonds is 6. The van der Waals surface area contributed by atoms with E-state index in [9.17, 15) is 17.2 Å². The van der Waals surface area contributed by atoms with Gasteiger partial charge in [0, 0.05) is 32.8 Å². The summed E-state index contributed by atoms with van der Waals surface area (Å²) in [7, 11) is -1.32. The van der Waals surface area contributed by atoms with Crippen LogP contribution in [0.2, 0.25) is 0 Å². The smallest absolute Gasteiger partial charge is 0.245 e. The van der Waals surface area contributed by atoms with Gasteiger partial charge in [0.2, 0.25) is 10.0 Å². The van der Waals surface area contributed by atoms with Gasteiger partial charge in [-0.1, -0.05) is 0 Å². The second kappa shape index (κ2) is 6.38. The quantitative estimate of drug-likeness (QED) is 0.838. The van der Waals surface area contributed by atoms with Crippen molar-refractivity contribution in [2.75, 3.05) is 27.3 Å². The third-order valence-electron chi connectivity index (χ3n) is 2.65. The molecule has 0 fully saturated rings. The van der Waals surface area contributed by atoms with Gasteiger partial charge in [0.25, 0.3) is 0 Å². The summed E-state index contributed by atoms with van der Waals surface area (Å²) in [6.07, 6.45) is 0. The van der Waals surface area contributed by atoms with Crippen molar-refractivity contribution in [3.63, 3.8) is 0 Å². The first-order chi connectivity index (χ1) is 8.86. The number of nitrogens with zero attached hydrogens (tertiary/aromatic N) is 1. The molecule has 108 valence electrons. The zero-order chi connectivity index (χ0) is 14.6. The number of benzene rings is 1. The number of hydrogen-bond acceptors (Lipinski definition) is 4. The topological polar surface area (TPSA) is 72.6 Å². The average molecular weight is 294 g/mol. The van der Waals surface area contributed by atoms with Crippen molar-refractivity contribution in [3.8, 4) is 0 Å². The lowest BCUT2D eigenvalue weighted by Crippen LogP contribution is -2.31. The van der Waals surface area contributed by atoms with Gasteiger partial charge in [0.05, 0.1) is 6.61 Å².